The molecule has 0 fully saturated rings. The lowest BCUT2D eigenvalue weighted by molar-refractivity contribution is -0.143. The summed E-state index contributed by atoms with van der Waals surface area (Å²) in [5.74, 6) is -0.545. The predicted octanol–water partition coefficient (Wildman–Crippen LogP) is 2.22. The van der Waals surface area contributed by atoms with E-state index in [2.05, 4.69) is 11.9 Å². The van der Waals surface area contributed by atoms with Gasteiger partial charge in [0.15, 0.2) is 0 Å². The Hall–Kier alpha value is -1.75. The van der Waals surface area contributed by atoms with Gasteiger partial charge < -0.3 is 10.1 Å². The average Bonchev–Trinajstić information content (AvgIpc) is 2.37. The first-order valence-corrected chi connectivity index (χ1v) is 6.41. The zero-order chi connectivity index (χ0) is 13.0. The zero-order valence-electron chi connectivity index (χ0n) is 9.72. The van der Waals surface area contributed by atoms with Gasteiger partial charge in [-0.05, 0) is 12.1 Å². The quantitative estimate of drug-likeness (QED) is 0.668. The van der Waals surface area contributed by atoms with Crippen LogP contribution in [0.2, 0.25) is 0 Å². The van der Waals surface area contributed by atoms with E-state index < -0.39 is 5.25 Å². The number of para-hydroxylation sites is 1. The van der Waals surface area contributed by atoms with Gasteiger partial charge in [0.25, 0.3) is 0 Å². The average molecular weight is 263 g/mol. The summed E-state index contributed by atoms with van der Waals surface area (Å²) in [5.41, 5.74) is 0.795. The van der Waals surface area contributed by atoms with E-state index in [1.165, 1.54) is 17.8 Å². The van der Waals surface area contributed by atoms with Gasteiger partial charge in [-0.3, -0.25) is 9.59 Å². The fraction of sp³-hybridized carbons (Fsp3) is 0.231. The van der Waals surface area contributed by atoms with Crippen LogP contribution in [0.25, 0.3) is 0 Å². The van der Waals surface area contributed by atoms with Gasteiger partial charge in [0.1, 0.15) is 6.61 Å². The van der Waals surface area contributed by atoms with Gasteiger partial charge in [0.2, 0.25) is 5.91 Å². The summed E-state index contributed by atoms with van der Waals surface area (Å²) in [6.07, 6.45) is 1.57. The summed E-state index contributed by atoms with van der Waals surface area (Å²) in [4.78, 5) is 24.2. The minimum atomic E-state index is -0.433. The number of amides is 1. The number of carbonyl (C=O) groups excluding carboxylic acids is 2. The minimum absolute atomic E-state index is 0.0681. The largest absolute Gasteiger partial charge is 0.461 e. The highest BCUT2D eigenvalue weighted by molar-refractivity contribution is 8.01. The van der Waals surface area contributed by atoms with Crippen LogP contribution in [-0.4, -0.2) is 23.7 Å². The van der Waals surface area contributed by atoms with Crippen molar-refractivity contribution in [3.63, 3.8) is 0 Å². The third-order valence-corrected chi connectivity index (χ3v) is 3.70. The number of ether oxygens (including phenoxy) is 1. The van der Waals surface area contributed by atoms with E-state index in [0.717, 1.165) is 10.6 Å². The van der Waals surface area contributed by atoms with Crippen LogP contribution in [0.4, 0.5) is 5.69 Å². The lowest BCUT2D eigenvalue weighted by Crippen LogP contribution is -2.31. The molecule has 1 heterocycles. The van der Waals surface area contributed by atoms with E-state index in [1.807, 2.05) is 24.3 Å². The second-order valence-corrected chi connectivity index (χ2v) is 5.01. The van der Waals surface area contributed by atoms with Crippen molar-refractivity contribution in [3.8, 4) is 0 Å². The highest BCUT2D eigenvalue weighted by atomic mass is 32.2. The molecular formula is C13H13NO3S. The van der Waals surface area contributed by atoms with E-state index in [4.69, 9.17) is 4.74 Å². The van der Waals surface area contributed by atoms with Gasteiger partial charge in [-0.1, -0.05) is 24.8 Å². The number of carbonyl (C=O) groups is 2. The molecule has 1 aliphatic rings. The van der Waals surface area contributed by atoms with Crippen molar-refractivity contribution in [2.24, 2.45) is 0 Å². The topological polar surface area (TPSA) is 55.4 Å². The molecule has 0 aromatic heterocycles. The number of hydrogen-bond acceptors (Lipinski definition) is 4. The van der Waals surface area contributed by atoms with Gasteiger partial charge in [-0.15, -0.1) is 11.8 Å². The number of rotatable bonds is 4. The van der Waals surface area contributed by atoms with Crippen molar-refractivity contribution in [3.05, 3.63) is 36.9 Å². The Morgan fingerprint density at radius 2 is 2.28 bits per heavy atom. The maximum atomic E-state index is 11.8. The van der Waals surface area contributed by atoms with Crippen molar-refractivity contribution >= 4 is 29.3 Å². The van der Waals surface area contributed by atoms with Crippen LogP contribution in [0, 0.1) is 0 Å². The first-order valence-electron chi connectivity index (χ1n) is 5.54. The molecule has 0 saturated heterocycles. The Morgan fingerprint density at radius 1 is 1.50 bits per heavy atom. The summed E-state index contributed by atoms with van der Waals surface area (Å²) in [6.45, 7) is 3.64. The van der Waals surface area contributed by atoms with E-state index >= 15 is 0 Å². The molecule has 94 valence electrons. The van der Waals surface area contributed by atoms with Crippen LogP contribution in [0.3, 0.4) is 0 Å². The number of esters is 1. The molecule has 0 aliphatic carbocycles. The highest BCUT2D eigenvalue weighted by Gasteiger charge is 2.29. The van der Waals surface area contributed by atoms with Gasteiger partial charge in [-0.2, -0.15) is 0 Å². The van der Waals surface area contributed by atoms with Gasteiger partial charge in [0, 0.05) is 4.90 Å². The molecule has 0 bridgehead atoms. The SMILES string of the molecule is C=CCOC(=O)C[C@@H]1Sc2ccccc2NC1=O. The number of hydrogen-bond donors (Lipinski definition) is 1. The van der Waals surface area contributed by atoms with Crippen LogP contribution in [0.5, 0.6) is 0 Å². The molecule has 1 aromatic rings. The Morgan fingerprint density at radius 3 is 3.06 bits per heavy atom. The molecular weight excluding hydrogens is 250 g/mol. The van der Waals surface area contributed by atoms with Crippen LogP contribution in [0.1, 0.15) is 6.42 Å². The molecule has 1 N–H and O–H groups in total. The zero-order valence-corrected chi connectivity index (χ0v) is 10.5. The van der Waals surface area contributed by atoms with Crippen LogP contribution in [0.15, 0.2) is 41.8 Å². The maximum Gasteiger partial charge on any atom is 0.307 e. The van der Waals surface area contributed by atoms with E-state index in [9.17, 15) is 9.59 Å². The number of fused-ring (bicyclic) bond motifs is 1. The number of nitrogens with one attached hydrogen (secondary N) is 1. The van der Waals surface area contributed by atoms with Crippen molar-refractivity contribution in [2.45, 2.75) is 16.6 Å². The maximum absolute atomic E-state index is 11.8. The summed E-state index contributed by atoms with van der Waals surface area (Å²) >= 11 is 1.39. The van der Waals surface area contributed by atoms with E-state index in [-0.39, 0.29) is 24.9 Å². The monoisotopic (exact) mass is 263 g/mol. The number of anilines is 1. The normalized spacial score (nSPS) is 17.6. The Bertz CT molecular complexity index is 487. The Kier molecular flexibility index (Phi) is 4.04. The van der Waals surface area contributed by atoms with Crippen LogP contribution in [-0.2, 0) is 14.3 Å². The molecule has 2 rings (SSSR count). The van der Waals surface area contributed by atoms with Crippen LogP contribution < -0.4 is 5.32 Å². The molecule has 1 atom stereocenters. The molecule has 0 spiro atoms. The summed E-state index contributed by atoms with van der Waals surface area (Å²) < 4.78 is 4.88. The minimum Gasteiger partial charge on any atom is -0.461 e. The molecule has 18 heavy (non-hydrogen) atoms. The van der Waals surface area contributed by atoms with E-state index in [0.29, 0.717) is 0 Å². The third-order valence-electron chi connectivity index (χ3n) is 2.42. The summed E-state index contributed by atoms with van der Waals surface area (Å²) in [6, 6.07) is 7.52. The fourth-order valence-corrected chi connectivity index (χ4v) is 2.68. The first kappa shape index (κ1) is 12.7. The van der Waals surface area contributed by atoms with Crippen molar-refractivity contribution in [1.82, 2.24) is 0 Å². The van der Waals surface area contributed by atoms with Crippen molar-refractivity contribution in [1.29, 1.82) is 0 Å². The lowest BCUT2D eigenvalue weighted by atomic mass is 10.2. The Labute approximate surface area is 109 Å². The first-order chi connectivity index (χ1) is 8.70. The highest BCUT2D eigenvalue weighted by Crippen LogP contribution is 2.36. The second-order valence-electron chi connectivity index (χ2n) is 3.77. The van der Waals surface area contributed by atoms with Gasteiger partial charge >= 0.3 is 5.97 Å². The molecule has 0 saturated carbocycles. The molecule has 4 nitrogen and oxygen atoms in total. The third kappa shape index (κ3) is 2.92. The number of thioether (sulfide) groups is 1. The molecule has 0 unspecified atom stereocenters. The van der Waals surface area contributed by atoms with Crippen LogP contribution >= 0.6 is 11.8 Å². The van der Waals surface area contributed by atoms with Crippen molar-refractivity contribution in [2.75, 3.05) is 11.9 Å². The fourth-order valence-electron chi connectivity index (χ4n) is 1.59. The predicted molar refractivity (Wildman–Crippen MR) is 70.5 cm³/mol. The van der Waals surface area contributed by atoms with Crippen molar-refractivity contribution < 1.29 is 14.3 Å². The van der Waals surface area contributed by atoms with Gasteiger partial charge in [-0.25, -0.2) is 0 Å². The Balaban J connectivity index is 2.01. The smallest absolute Gasteiger partial charge is 0.307 e. The molecule has 1 aromatic carbocycles. The molecule has 1 amide bonds. The second kappa shape index (κ2) is 5.73. The standard InChI is InChI=1S/C13H13NO3S/c1-2-7-17-12(15)8-11-13(16)14-9-5-3-4-6-10(9)18-11/h2-6,11H,1,7-8H2,(H,14,16)/t11-/m0/s1. The van der Waals surface area contributed by atoms with Gasteiger partial charge in [0.05, 0.1) is 17.4 Å². The van der Waals surface area contributed by atoms with E-state index in [1.54, 1.807) is 0 Å². The molecule has 1 aliphatic heterocycles. The lowest BCUT2D eigenvalue weighted by Gasteiger charge is -2.23. The molecule has 5 heteroatoms. The number of benzene rings is 1. The summed E-state index contributed by atoms with van der Waals surface area (Å²) in [7, 11) is 0. The molecule has 0 radical (unpaired) electrons. The summed E-state index contributed by atoms with van der Waals surface area (Å²) in [5, 5.41) is 2.35.